The van der Waals surface area contributed by atoms with Crippen LogP contribution in [0.15, 0.2) is 16.9 Å². The molecule has 0 radical (unpaired) electrons. The van der Waals surface area contributed by atoms with E-state index in [1.807, 2.05) is 6.92 Å². The predicted molar refractivity (Wildman–Crippen MR) is 34.5 cm³/mol. The fourth-order valence-electron chi connectivity index (χ4n) is 0.427. The molecule has 8 heavy (non-hydrogen) atoms. The van der Waals surface area contributed by atoms with Crippen LogP contribution in [0, 0.1) is 6.92 Å². The molecule has 1 rings (SSSR count). The van der Waals surface area contributed by atoms with Crippen LogP contribution in [-0.4, -0.2) is 9.97 Å². The summed E-state index contributed by atoms with van der Waals surface area (Å²) in [5.41, 5.74) is 0. The minimum absolute atomic E-state index is 0.791. The lowest BCUT2D eigenvalue weighted by molar-refractivity contribution is 1.03. The topological polar surface area (TPSA) is 25.8 Å². The first-order valence-corrected chi connectivity index (χ1v) is 3.03. The molecule has 0 spiro atoms. The monoisotopic (exact) mass is 172 g/mol. The molecule has 0 saturated carbocycles. The molecule has 0 aromatic carbocycles. The van der Waals surface area contributed by atoms with Crippen LogP contribution >= 0.6 is 15.9 Å². The van der Waals surface area contributed by atoms with Crippen LogP contribution < -0.4 is 0 Å². The molecule has 0 saturated heterocycles. The highest BCUT2D eigenvalue weighted by Crippen LogP contribution is 2.01. The van der Waals surface area contributed by atoms with Crippen molar-refractivity contribution < 1.29 is 0 Å². The first kappa shape index (κ1) is 5.69. The van der Waals surface area contributed by atoms with E-state index in [0.29, 0.717) is 0 Å². The van der Waals surface area contributed by atoms with E-state index in [1.54, 1.807) is 12.3 Å². The van der Waals surface area contributed by atoms with Gasteiger partial charge >= 0.3 is 0 Å². The smallest absolute Gasteiger partial charge is 0.126 e. The number of hydrogen-bond donors (Lipinski definition) is 0. The molecular formula is C5H5BrN2. The van der Waals surface area contributed by atoms with Gasteiger partial charge in [0.2, 0.25) is 0 Å². The zero-order chi connectivity index (χ0) is 5.98. The third kappa shape index (κ3) is 1.26. The van der Waals surface area contributed by atoms with Crippen LogP contribution in [0.5, 0.6) is 0 Å². The van der Waals surface area contributed by atoms with E-state index in [9.17, 15) is 0 Å². The Morgan fingerprint density at radius 1 is 1.62 bits per heavy atom. The van der Waals surface area contributed by atoms with E-state index in [-0.39, 0.29) is 0 Å². The number of halogens is 1. The van der Waals surface area contributed by atoms with Crippen LogP contribution in [0.2, 0.25) is 0 Å². The molecule has 0 amide bonds. The molecule has 42 valence electrons. The van der Waals surface area contributed by atoms with Gasteiger partial charge in [-0.25, -0.2) is 9.97 Å². The number of hydrogen-bond acceptors (Lipinski definition) is 2. The highest BCUT2D eigenvalue weighted by atomic mass is 79.9. The Labute approximate surface area is 56.1 Å². The van der Waals surface area contributed by atoms with Gasteiger partial charge in [-0.05, 0) is 28.9 Å². The quantitative estimate of drug-likeness (QED) is 0.556. The predicted octanol–water partition coefficient (Wildman–Crippen LogP) is 1.55. The van der Waals surface area contributed by atoms with Crippen molar-refractivity contribution in [2.45, 2.75) is 6.92 Å². The Morgan fingerprint density at radius 2 is 2.38 bits per heavy atom. The lowest BCUT2D eigenvalue weighted by Gasteiger charge is -1.87. The molecule has 0 unspecified atom stereocenters. The number of aromatic nitrogens is 2. The molecule has 0 aliphatic carbocycles. The van der Waals surface area contributed by atoms with E-state index >= 15 is 0 Å². The zero-order valence-electron chi connectivity index (χ0n) is 4.43. The normalized spacial score (nSPS) is 9.25. The molecule has 0 bridgehead atoms. The van der Waals surface area contributed by atoms with Gasteiger partial charge in [0, 0.05) is 6.20 Å². The lowest BCUT2D eigenvalue weighted by Crippen LogP contribution is -1.83. The van der Waals surface area contributed by atoms with Crippen molar-refractivity contribution in [3.63, 3.8) is 0 Å². The standard InChI is InChI=1S/C5H5BrN2/c1-4-7-3-2-5(6)8-4/h2-3H,1H3. The number of nitrogens with zero attached hydrogens (tertiary/aromatic N) is 2. The average Bonchev–Trinajstić information content (AvgIpc) is 1.64. The zero-order valence-corrected chi connectivity index (χ0v) is 6.01. The van der Waals surface area contributed by atoms with Crippen LogP contribution in [0.3, 0.4) is 0 Å². The van der Waals surface area contributed by atoms with E-state index in [1.165, 1.54) is 0 Å². The summed E-state index contributed by atoms with van der Waals surface area (Å²) >= 11 is 3.21. The van der Waals surface area contributed by atoms with Crippen LogP contribution in [0.25, 0.3) is 0 Å². The van der Waals surface area contributed by atoms with Gasteiger partial charge in [0.1, 0.15) is 10.4 Å². The number of rotatable bonds is 0. The fourth-order valence-corrected chi connectivity index (χ4v) is 0.802. The second-order valence-corrected chi connectivity index (χ2v) is 2.24. The SMILES string of the molecule is Cc1nccc(Br)n1. The van der Waals surface area contributed by atoms with Crippen LogP contribution in [0.1, 0.15) is 5.82 Å². The van der Waals surface area contributed by atoms with Gasteiger partial charge in [-0.15, -0.1) is 0 Å². The minimum Gasteiger partial charge on any atom is -0.242 e. The highest BCUT2D eigenvalue weighted by molar-refractivity contribution is 9.10. The maximum atomic E-state index is 3.98. The van der Waals surface area contributed by atoms with Gasteiger partial charge in [-0.2, -0.15) is 0 Å². The average molecular weight is 173 g/mol. The summed E-state index contributed by atoms with van der Waals surface area (Å²) in [6, 6.07) is 1.80. The molecule has 0 atom stereocenters. The molecule has 1 heterocycles. The summed E-state index contributed by atoms with van der Waals surface area (Å²) in [7, 11) is 0. The van der Waals surface area contributed by atoms with Crippen molar-refractivity contribution in [3.05, 3.63) is 22.7 Å². The maximum absolute atomic E-state index is 3.98. The summed E-state index contributed by atoms with van der Waals surface area (Å²) in [5, 5.41) is 0. The van der Waals surface area contributed by atoms with E-state index in [2.05, 4.69) is 25.9 Å². The summed E-state index contributed by atoms with van der Waals surface area (Å²) < 4.78 is 0.838. The molecule has 0 aliphatic heterocycles. The van der Waals surface area contributed by atoms with Crippen LogP contribution in [0.4, 0.5) is 0 Å². The Bertz CT molecular complexity index is 170. The molecule has 0 N–H and O–H groups in total. The van der Waals surface area contributed by atoms with E-state index in [4.69, 9.17) is 0 Å². The summed E-state index contributed by atoms with van der Waals surface area (Å²) in [5.74, 6) is 0.791. The molecule has 2 nitrogen and oxygen atoms in total. The fraction of sp³-hybridized carbons (Fsp3) is 0.200. The van der Waals surface area contributed by atoms with Gasteiger partial charge in [-0.3, -0.25) is 0 Å². The van der Waals surface area contributed by atoms with Crippen molar-refractivity contribution >= 4 is 15.9 Å². The van der Waals surface area contributed by atoms with Crippen molar-refractivity contribution in [1.82, 2.24) is 9.97 Å². The van der Waals surface area contributed by atoms with Crippen molar-refractivity contribution in [3.8, 4) is 0 Å². The third-order valence-corrected chi connectivity index (χ3v) is 1.18. The summed E-state index contributed by atoms with van der Waals surface area (Å²) in [6.07, 6.45) is 1.71. The van der Waals surface area contributed by atoms with Crippen molar-refractivity contribution in [1.29, 1.82) is 0 Å². The minimum atomic E-state index is 0.791. The van der Waals surface area contributed by atoms with Gasteiger partial charge in [-0.1, -0.05) is 0 Å². The van der Waals surface area contributed by atoms with E-state index in [0.717, 1.165) is 10.4 Å². The lowest BCUT2D eigenvalue weighted by atomic mass is 10.6. The molecular weight excluding hydrogens is 168 g/mol. The molecule has 0 aliphatic rings. The summed E-state index contributed by atoms with van der Waals surface area (Å²) in [4.78, 5) is 7.88. The first-order valence-electron chi connectivity index (χ1n) is 2.24. The second-order valence-electron chi connectivity index (χ2n) is 1.43. The molecule has 3 heteroatoms. The molecule has 1 aromatic heterocycles. The van der Waals surface area contributed by atoms with Gasteiger partial charge in [0.05, 0.1) is 0 Å². The molecule has 1 aromatic rings. The maximum Gasteiger partial charge on any atom is 0.126 e. The van der Waals surface area contributed by atoms with Crippen LogP contribution in [-0.2, 0) is 0 Å². The van der Waals surface area contributed by atoms with Gasteiger partial charge < -0.3 is 0 Å². The Hall–Kier alpha value is -0.440. The third-order valence-electron chi connectivity index (χ3n) is 0.742. The first-order chi connectivity index (χ1) is 3.79. The second kappa shape index (κ2) is 2.22. The van der Waals surface area contributed by atoms with Gasteiger partial charge in [0.15, 0.2) is 0 Å². The Balaban J connectivity index is 3.08. The molecule has 0 fully saturated rings. The van der Waals surface area contributed by atoms with Gasteiger partial charge in [0.25, 0.3) is 0 Å². The number of aryl methyl sites for hydroxylation is 1. The van der Waals surface area contributed by atoms with Crippen molar-refractivity contribution in [2.75, 3.05) is 0 Å². The largest absolute Gasteiger partial charge is 0.242 e. The van der Waals surface area contributed by atoms with Crippen molar-refractivity contribution in [2.24, 2.45) is 0 Å². The van der Waals surface area contributed by atoms with E-state index < -0.39 is 0 Å². The Morgan fingerprint density at radius 3 is 2.75 bits per heavy atom. The highest BCUT2D eigenvalue weighted by Gasteiger charge is 1.85. The Kier molecular flexibility index (Phi) is 1.58. The summed E-state index contributed by atoms with van der Waals surface area (Å²) in [6.45, 7) is 1.85.